The minimum atomic E-state index is -0.145. The summed E-state index contributed by atoms with van der Waals surface area (Å²) in [5.41, 5.74) is 9.23. The maximum atomic E-state index is 5.38. The first-order valence-electron chi connectivity index (χ1n) is 22.2. The summed E-state index contributed by atoms with van der Waals surface area (Å²) < 4.78 is 0. The number of hydrogen-bond donors (Lipinski definition) is 1. The van der Waals surface area contributed by atoms with Gasteiger partial charge in [0.2, 0.25) is 0 Å². The molecule has 0 radical (unpaired) electrons. The number of nitrogens with zero attached hydrogens (tertiary/aromatic N) is 1. The van der Waals surface area contributed by atoms with Crippen LogP contribution in [0.25, 0.3) is 103 Å². The van der Waals surface area contributed by atoms with Crippen LogP contribution in [0.1, 0.15) is 22.7 Å². The third kappa shape index (κ3) is 5.70. The quantitative estimate of drug-likeness (QED) is 0.136. The van der Waals surface area contributed by atoms with Crippen LogP contribution in [-0.2, 0) is 0 Å². The number of benzene rings is 12. The van der Waals surface area contributed by atoms with E-state index < -0.39 is 0 Å². The molecule has 0 bridgehead atoms. The molecular formula is C62H40N2. The molecule has 13 rings (SSSR count). The molecule has 2 heteroatoms. The molecule has 12 aromatic rings. The van der Waals surface area contributed by atoms with E-state index in [9.17, 15) is 0 Å². The number of amidine groups is 1. The Morgan fingerprint density at radius 1 is 0.312 bits per heavy atom. The topological polar surface area (TPSA) is 24.4 Å². The molecule has 1 aliphatic rings. The molecule has 0 spiro atoms. The number of aliphatic imine (C=N–C) groups is 1. The number of fused-ring (bicyclic) bond motifs is 12. The highest BCUT2D eigenvalue weighted by Gasteiger charge is 2.24. The zero-order chi connectivity index (χ0) is 42.1. The smallest absolute Gasteiger partial charge is 0.134 e. The van der Waals surface area contributed by atoms with Crippen LogP contribution in [0, 0.1) is 0 Å². The van der Waals surface area contributed by atoms with Crippen molar-refractivity contribution < 1.29 is 0 Å². The zero-order valence-corrected chi connectivity index (χ0v) is 35.0. The van der Waals surface area contributed by atoms with Crippen LogP contribution in [0.5, 0.6) is 0 Å². The summed E-state index contributed by atoms with van der Waals surface area (Å²) >= 11 is 0. The summed E-state index contributed by atoms with van der Waals surface area (Å²) in [5.74, 6) is 0.861. The van der Waals surface area contributed by atoms with E-state index in [-0.39, 0.29) is 6.04 Å². The molecule has 1 N–H and O–H groups in total. The van der Waals surface area contributed by atoms with Crippen molar-refractivity contribution in [1.82, 2.24) is 5.32 Å². The van der Waals surface area contributed by atoms with Gasteiger partial charge in [0.1, 0.15) is 5.84 Å². The molecule has 0 aromatic heterocycles. The Balaban J connectivity index is 1.01. The summed E-state index contributed by atoms with van der Waals surface area (Å²) in [6.45, 7) is 0. The number of nitrogens with one attached hydrogen (secondary N) is 1. The summed E-state index contributed by atoms with van der Waals surface area (Å²) in [7, 11) is 0. The van der Waals surface area contributed by atoms with Crippen LogP contribution >= 0.6 is 0 Å². The standard InChI is InChI=1S/C62H40N2/c1-3-18-41(19-4-1)59-52-30-16-15-29-51(52)58(53-36-35-39-17-7-8-22-44(39)61(53)59)42-33-31-40(32-34-42)56-38-57(64-62(63-56)43-20-5-2-6-21-43)54-37-55-47-25-10-9-23-45(47)46-24-11-13-27-49(46)60(55)50-28-14-12-26-48(50)54/h1-38,57H,(H,63,64). The fraction of sp³-hybridized carbons (Fsp3) is 0.0161. The Kier molecular flexibility index (Phi) is 8.32. The van der Waals surface area contributed by atoms with E-state index in [0.717, 1.165) is 22.7 Å². The van der Waals surface area contributed by atoms with Crippen molar-refractivity contribution in [3.63, 3.8) is 0 Å². The van der Waals surface area contributed by atoms with Gasteiger partial charge in [-0.3, -0.25) is 0 Å². The molecule has 298 valence electrons. The number of rotatable bonds is 5. The van der Waals surface area contributed by atoms with E-state index in [2.05, 4.69) is 236 Å². The fourth-order valence-electron chi connectivity index (χ4n) is 10.6. The Bertz CT molecular complexity index is 3900. The van der Waals surface area contributed by atoms with Crippen molar-refractivity contribution in [1.29, 1.82) is 0 Å². The largest absolute Gasteiger partial charge is 0.359 e. The van der Waals surface area contributed by atoms with Crippen LogP contribution in [-0.4, -0.2) is 5.84 Å². The van der Waals surface area contributed by atoms with Gasteiger partial charge in [0.15, 0.2) is 0 Å². The summed E-state index contributed by atoms with van der Waals surface area (Å²) in [6.07, 6.45) is 2.32. The molecule has 1 aliphatic heterocycles. The maximum absolute atomic E-state index is 5.38. The molecule has 1 atom stereocenters. The monoisotopic (exact) mass is 812 g/mol. The van der Waals surface area contributed by atoms with Gasteiger partial charge >= 0.3 is 0 Å². The average molecular weight is 813 g/mol. The van der Waals surface area contributed by atoms with Crippen LogP contribution in [0.4, 0.5) is 0 Å². The minimum absolute atomic E-state index is 0.145. The van der Waals surface area contributed by atoms with E-state index >= 15 is 0 Å². The summed E-state index contributed by atoms with van der Waals surface area (Å²) in [5, 5.41) is 21.6. The van der Waals surface area contributed by atoms with E-state index in [1.54, 1.807) is 0 Å². The second-order valence-electron chi connectivity index (χ2n) is 17.0. The van der Waals surface area contributed by atoms with Gasteiger partial charge in [0, 0.05) is 5.56 Å². The molecule has 1 unspecified atom stereocenters. The highest BCUT2D eigenvalue weighted by molar-refractivity contribution is 6.32. The van der Waals surface area contributed by atoms with Gasteiger partial charge < -0.3 is 5.32 Å². The lowest BCUT2D eigenvalue weighted by molar-refractivity contribution is 0.788. The Hall–Kier alpha value is -8.33. The molecule has 0 saturated carbocycles. The van der Waals surface area contributed by atoms with Crippen molar-refractivity contribution in [2.75, 3.05) is 0 Å². The third-order valence-electron chi connectivity index (χ3n) is 13.5. The Labute approximate surface area is 371 Å². The molecule has 0 fully saturated rings. The van der Waals surface area contributed by atoms with Crippen molar-refractivity contribution >= 4 is 86.9 Å². The first kappa shape index (κ1) is 36.3. The van der Waals surface area contributed by atoms with Gasteiger partial charge in [-0.05, 0) is 121 Å². The molecular weight excluding hydrogens is 773 g/mol. The zero-order valence-electron chi connectivity index (χ0n) is 35.0. The molecule has 64 heavy (non-hydrogen) atoms. The first-order valence-corrected chi connectivity index (χ1v) is 22.2. The van der Waals surface area contributed by atoms with Gasteiger partial charge in [-0.15, -0.1) is 0 Å². The van der Waals surface area contributed by atoms with Crippen molar-refractivity contribution in [3.8, 4) is 22.3 Å². The van der Waals surface area contributed by atoms with Crippen LogP contribution in [0.15, 0.2) is 236 Å². The van der Waals surface area contributed by atoms with Crippen molar-refractivity contribution in [3.05, 3.63) is 247 Å². The van der Waals surface area contributed by atoms with Crippen LogP contribution in [0.3, 0.4) is 0 Å². The van der Waals surface area contributed by atoms with Gasteiger partial charge in [0.05, 0.1) is 11.7 Å². The van der Waals surface area contributed by atoms with Crippen molar-refractivity contribution in [2.24, 2.45) is 4.99 Å². The molecule has 2 nitrogen and oxygen atoms in total. The molecule has 0 aliphatic carbocycles. The van der Waals surface area contributed by atoms with Gasteiger partial charge in [-0.1, -0.05) is 218 Å². The lowest BCUT2D eigenvalue weighted by Gasteiger charge is -2.26. The van der Waals surface area contributed by atoms with E-state index in [0.29, 0.717) is 0 Å². The summed E-state index contributed by atoms with van der Waals surface area (Å²) in [4.78, 5) is 5.38. The average Bonchev–Trinajstić information content (AvgIpc) is 3.38. The first-order chi connectivity index (χ1) is 31.8. The predicted molar refractivity (Wildman–Crippen MR) is 273 cm³/mol. The van der Waals surface area contributed by atoms with Crippen LogP contribution < -0.4 is 5.32 Å². The van der Waals surface area contributed by atoms with Gasteiger partial charge in [0.25, 0.3) is 0 Å². The predicted octanol–water partition coefficient (Wildman–Crippen LogP) is 16.2. The van der Waals surface area contributed by atoms with E-state index in [1.165, 1.54) is 103 Å². The second kappa shape index (κ2) is 14.7. The Morgan fingerprint density at radius 2 is 0.797 bits per heavy atom. The van der Waals surface area contributed by atoms with Crippen LogP contribution in [0.2, 0.25) is 0 Å². The van der Waals surface area contributed by atoms with E-state index in [4.69, 9.17) is 4.99 Å². The molecule has 0 amide bonds. The lowest BCUT2D eigenvalue weighted by Crippen LogP contribution is -2.31. The Morgan fingerprint density at radius 3 is 1.48 bits per heavy atom. The molecule has 12 aromatic carbocycles. The maximum Gasteiger partial charge on any atom is 0.134 e. The second-order valence-corrected chi connectivity index (χ2v) is 17.0. The fourth-order valence-corrected chi connectivity index (χ4v) is 10.6. The highest BCUT2D eigenvalue weighted by atomic mass is 15.0. The van der Waals surface area contributed by atoms with Gasteiger partial charge in [-0.25, -0.2) is 4.99 Å². The van der Waals surface area contributed by atoms with Gasteiger partial charge in [-0.2, -0.15) is 0 Å². The molecule has 1 heterocycles. The van der Waals surface area contributed by atoms with Crippen molar-refractivity contribution in [2.45, 2.75) is 6.04 Å². The minimum Gasteiger partial charge on any atom is -0.359 e. The third-order valence-corrected chi connectivity index (χ3v) is 13.5. The summed E-state index contributed by atoms with van der Waals surface area (Å²) in [6, 6.07) is 81.8. The SMILES string of the molecule is C1=C(c2ccc(-c3c4ccccc4c(-c4ccccc4)c4c3ccc3ccccc34)cc2)N=C(c2ccccc2)NC1c1cc2c3ccccc3c3ccccc3c2c2ccccc12. The molecule has 0 saturated heterocycles. The normalized spacial score (nSPS) is 14.1. The lowest BCUT2D eigenvalue weighted by atomic mass is 9.84. The number of hydrogen-bond acceptors (Lipinski definition) is 2. The van der Waals surface area contributed by atoms with E-state index in [1.807, 2.05) is 0 Å². The highest BCUT2D eigenvalue weighted by Crippen LogP contribution is 2.47.